The zero-order valence-electron chi connectivity index (χ0n) is 14.9. The predicted molar refractivity (Wildman–Crippen MR) is 105 cm³/mol. The molecule has 1 aliphatic rings. The molecule has 0 saturated carbocycles. The molecule has 25 heavy (non-hydrogen) atoms. The van der Waals surface area contributed by atoms with E-state index >= 15 is 0 Å². The lowest BCUT2D eigenvalue weighted by molar-refractivity contribution is 0.270. The van der Waals surface area contributed by atoms with Crippen LogP contribution in [0.2, 0.25) is 0 Å². The molecule has 2 aromatic rings. The lowest BCUT2D eigenvalue weighted by atomic mass is 10.2. The molecule has 0 atom stereocenters. The van der Waals surface area contributed by atoms with Crippen molar-refractivity contribution >= 4 is 34.2 Å². The van der Waals surface area contributed by atoms with Crippen molar-refractivity contribution in [2.45, 2.75) is 45.6 Å². The summed E-state index contributed by atoms with van der Waals surface area (Å²) >= 11 is 5.30. The van der Waals surface area contributed by atoms with Gasteiger partial charge in [0.1, 0.15) is 12.1 Å². The molecule has 1 fully saturated rings. The van der Waals surface area contributed by atoms with Gasteiger partial charge in [-0.05, 0) is 44.6 Å². The second-order valence-electron chi connectivity index (χ2n) is 6.46. The van der Waals surface area contributed by atoms with E-state index in [-0.39, 0.29) is 0 Å². The van der Waals surface area contributed by atoms with Crippen LogP contribution in [-0.2, 0) is 6.54 Å². The summed E-state index contributed by atoms with van der Waals surface area (Å²) in [7, 11) is 0. The monoisotopic (exact) mass is 361 g/mol. The van der Waals surface area contributed by atoms with Gasteiger partial charge < -0.3 is 15.5 Å². The highest BCUT2D eigenvalue weighted by Crippen LogP contribution is 2.18. The van der Waals surface area contributed by atoms with Crippen LogP contribution >= 0.6 is 12.2 Å². The first-order valence-corrected chi connectivity index (χ1v) is 9.62. The van der Waals surface area contributed by atoms with E-state index in [9.17, 15) is 0 Å². The Morgan fingerprint density at radius 2 is 1.96 bits per heavy atom. The number of aromatic nitrogens is 4. The number of thiocarbonyl (C=S) groups is 1. The molecule has 1 saturated heterocycles. The van der Waals surface area contributed by atoms with Gasteiger partial charge in [0.25, 0.3) is 0 Å². The van der Waals surface area contributed by atoms with Crippen molar-refractivity contribution in [1.29, 1.82) is 0 Å². The summed E-state index contributed by atoms with van der Waals surface area (Å²) < 4.78 is 1.97. The van der Waals surface area contributed by atoms with Gasteiger partial charge >= 0.3 is 0 Å². The van der Waals surface area contributed by atoms with Crippen LogP contribution < -0.4 is 10.6 Å². The van der Waals surface area contributed by atoms with Crippen molar-refractivity contribution in [3.8, 4) is 0 Å². The first-order chi connectivity index (χ1) is 12.3. The van der Waals surface area contributed by atoms with Gasteiger partial charge in [-0.25, -0.2) is 14.6 Å². The van der Waals surface area contributed by atoms with E-state index in [4.69, 9.17) is 12.2 Å². The lowest BCUT2D eigenvalue weighted by Gasteiger charge is -2.19. The predicted octanol–water partition coefficient (Wildman–Crippen LogP) is 2.40. The fraction of sp³-hybridized carbons (Fsp3) is 0.647. The van der Waals surface area contributed by atoms with Crippen molar-refractivity contribution in [3.63, 3.8) is 0 Å². The molecule has 3 rings (SSSR count). The van der Waals surface area contributed by atoms with Gasteiger partial charge in [0.2, 0.25) is 0 Å². The Hall–Kier alpha value is -1.80. The Morgan fingerprint density at radius 3 is 2.72 bits per heavy atom. The van der Waals surface area contributed by atoms with Crippen molar-refractivity contribution in [3.05, 3.63) is 12.5 Å². The van der Waals surface area contributed by atoms with Crippen molar-refractivity contribution in [1.82, 2.24) is 30.0 Å². The van der Waals surface area contributed by atoms with Crippen LogP contribution in [0.1, 0.15) is 39.0 Å². The maximum Gasteiger partial charge on any atom is 0.171 e. The Bertz CT molecular complexity index is 691. The van der Waals surface area contributed by atoms with Gasteiger partial charge in [-0.2, -0.15) is 5.10 Å². The molecule has 0 aromatic carbocycles. The van der Waals surface area contributed by atoms with Crippen LogP contribution in [0, 0.1) is 0 Å². The van der Waals surface area contributed by atoms with E-state index in [0.29, 0.717) is 10.9 Å². The lowest BCUT2D eigenvalue weighted by Crippen LogP contribution is -2.29. The zero-order chi connectivity index (χ0) is 17.5. The van der Waals surface area contributed by atoms with Crippen molar-refractivity contribution < 1.29 is 0 Å². The Labute approximate surface area is 154 Å². The van der Waals surface area contributed by atoms with Gasteiger partial charge in [0.15, 0.2) is 10.8 Å². The molecule has 0 bridgehead atoms. The molecule has 2 aromatic heterocycles. The standard InChI is InChI=1S/C17H27N7S/c1-2-7-18-17(25)22-15-14-12-21-24(16(14)20-13-19-15)11-10-23-8-5-3-4-6-9-23/h12-13H,2-11H2,1H3,(H2,18,19,20,22,25). The van der Waals surface area contributed by atoms with Crippen LogP contribution in [-0.4, -0.2) is 55.9 Å². The Kier molecular flexibility index (Phi) is 6.52. The molecule has 0 aliphatic carbocycles. The third-order valence-electron chi connectivity index (χ3n) is 4.53. The van der Waals surface area contributed by atoms with E-state index in [1.165, 1.54) is 38.8 Å². The minimum absolute atomic E-state index is 0.583. The number of hydrogen-bond acceptors (Lipinski definition) is 5. The van der Waals surface area contributed by atoms with Crippen molar-refractivity contribution in [2.24, 2.45) is 0 Å². The van der Waals surface area contributed by atoms with Crippen LogP contribution in [0.3, 0.4) is 0 Å². The molecular weight excluding hydrogens is 334 g/mol. The summed E-state index contributed by atoms with van der Waals surface area (Å²) in [6, 6.07) is 0. The Balaban J connectivity index is 1.66. The molecule has 1 aliphatic heterocycles. The average molecular weight is 362 g/mol. The third-order valence-corrected chi connectivity index (χ3v) is 4.77. The number of anilines is 1. The number of rotatable bonds is 6. The first-order valence-electron chi connectivity index (χ1n) is 9.21. The number of nitrogens with one attached hydrogen (secondary N) is 2. The summed E-state index contributed by atoms with van der Waals surface area (Å²) in [5, 5.41) is 12.3. The average Bonchev–Trinajstić information content (AvgIpc) is 2.86. The molecule has 0 unspecified atom stereocenters. The number of hydrogen-bond donors (Lipinski definition) is 2. The number of fused-ring (bicyclic) bond motifs is 1. The van der Waals surface area contributed by atoms with Gasteiger partial charge in [0.05, 0.1) is 18.1 Å². The van der Waals surface area contributed by atoms with Crippen LogP contribution in [0.25, 0.3) is 11.0 Å². The summed E-state index contributed by atoms with van der Waals surface area (Å²) in [5.74, 6) is 0.708. The first kappa shape index (κ1) is 18.0. The van der Waals surface area contributed by atoms with Gasteiger partial charge in [-0.1, -0.05) is 19.8 Å². The second kappa shape index (κ2) is 9.05. The van der Waals surface area contributed by atoms with Crippen molar-refractivity contribution in [2.75, 3.05) is 31.5 Å². The number of nitrogens with zero attached hydrogens (tertiary/aromatic N) is 5. The van der Waals surface area contributed by atoms with E-state index in [2.05, 4.69) is 37.5 Å². The summed E-state index contributed by atoms with van der Waals surface area (Å²) in [4.78, 5) is 11.3. The summed E-state index contributed by atoms with van der Waals surface area (Å²) in [5.41, 5.74) is 0.852. The SMILES string of the molecule is CCCNC(=S)Nc1ncnc2c1cnn2CCN1CCCCCC1. The molecule has 8 heteroatoms. The molecule has 3 heterocycles. The molecule has 0 amide bonds. The molecular formula is C17H27N7S. The van der Waals surface area contributed by atoms with Gasteiger partial charge in [0, 0.05) is 13.1 Å². The highest BCUT2D eigenvalue weighted by atomic mass is 32.1. The molecule has 7 nitrogen and oxygen atoms in total. The minimum atomic E-state index is 0.583. The highest BCUT2D eigenvalue weighted by Gasteiger charge is 2.13. The van der Waals surface area contributed by atoms with Crippen LogP contribution in [0.4, 0.5) is 5.82 Å². The van der Waals surface area contributed by atoms with Crippen LogP contribution in [0.15, 0.2) is 12.5 Å². The molecule has 2 N–H and O–H groups in total. The fourth-order valence-corrected chi connectivity index (χ4v) is 3.34. The minimum Gasteiger partial charge on any atom is -0.362 e. The largest absolute Gasteiger partial charge is 0.362 e. The topological polar surface area (TPSA) is 70.9 Å². The Morgan fingerprint density at radius 1 is 1.16 bits per heavy atom. The summed E-state index contributed by atoms with van der Waals surface area (Å²) in [6.07, 6.45) is 9.73. The quantitative estimate of drug-likeness (QED) is 0.766. The summed E-state index contributed by atoms with van der Waals surface area (Å²) in [6.45, 7) is 7.19. The van der Waals surface area contributed by atoms with Gasteiger partial charge in [-0.15, -0.1) is 0 Å². The zero-order valence-corrected chi connectivity index (χ0v) is 15.7. The molecule has 0 radical (unpaired) electrons. The normalized spacial score (nSPS) is 15.9. The molecule has 136 valence electrons. The smallest absolute Gasteiger partial charge is 0.171 e. The van der Waals surface area contributed by atoms with Gasteiger partial charge in [-0.3, -0.25) is 0 Å². The third kappa shape index (κ3) is 4.85. The molecule has 0 spiro atoms. The van der Waals surface area contributed by atoms with E-state index in [0.717, 1.165) is 37.1 Å². The second-order valence-corrected chi connectivity index (χ2v) is 6.87. The maximum absolute atomic E-state index is 5.30. The fourth-order valence-electron chi connectivity index (χ4n) is 3.14. The van der Waals surface area contributed by atoms with E-state index < -0.39 is 0 Å². The van der Waals surface area contributed by atoms with E-state index in [1.54, 1.807) is 6.33 Å². The maximum atomic E-state index is 5.30. The van der Waals surface area contributed by atoms with E-state index in [1.807, 2.05) is 10.9 Å². The van der Waals surface area contributed by atoms with Crippen LogP contribution in [0.5, 0.6) is 0 Å². The highest BCUT2D eigenvalue weighted by molar-refractivity contribution is 7.80. The number of likely N-dealkylation sites (tertiary alicyclic amines) is 1.